The van der Waals surface area contributed by atoms with Crippen LogP contribution in [0.15, 0.2) is 11.2 Å². The highest BCUT2D eigenvalue weighted by atomic mass is 32.1. The number of Topliss-reactive ketones (excluding diaryl/α,β-unsaturated/α-hetero) is 1. The van der Waals surface area contributed by atoms with Crippen LogP contribution in [0.3, 0.4) is 0 Å². The lowest BCUT2D eigenvalue weighted by atomic mass is 10.4. The second-order valence-electron chi connectivity index (χ2n) is 1.93. The van der Waals surface area contributed by atoms with Crippen molar-refractivity contribution >= 4 is 29.5 Å². The third-order valence-electron chi connectivity index (χ3n) is 1.12. The summed E-state index contributed by atoms with van der Waals surface area (Å²) in [5.74, 6) is -2.55. The summed E-state index contributed by atoms with van der Waals surface area (Å²) in [5, 5.41) is 8.32. The van der Waals surface area contributed by atoms with Crippen LogP contribution in [0.5, 0.6) is 0 Å². The van der Waals surface area contributed by atoms with Gasteiger partial charge in [0.1, 0.15) is 4.88 Å². The number of carbonyl (C=O) groups excluding carboxylic acids is 2. The van der Waals surface area contributed by atoms with E-state index in [9.17, 15) is 14.4 Å². The molecule has 1 rings (SSSR count). The van der Waals surface area contributed by atoms with E-state index in [4.69, 9.17) is 5.11 Å². The Morgan fingerprint density at radius 2 is 2.31 bits per heavy atom. The molecule has 0 radical (unpaired) electrons. The monoisotopic (exact) mass is 200 g/mol. The normalized spacial score (nSPS) is 11.2. The predicted octanol–water partition coefficient (Wildman–Crippen LogP) is -0.599. The Morgan fingerprint density at radius 1 is 1.62 bits per heavy atom. The molecule has 0 aliphatic rings. The molecule has 0 unspecified atom stereocenters. The van der Waals surface area contributed by atoms with Crippen molar-refractivity contribution in [1.29, 1.82) is 0 Å². The number of carboxylic acids is 1. The molecule has 0 atom stereocenters. The molecule has 0 fully saturated rings. The summed E-state index contributed by atoms with van der Waals surface area (Å²) in [6.07, 6.45) is 1.50. The van der Waals surface area contributed by atoms with Crippen molar-refractivity contribution in [1.82, 2.24) is 4.98 Å². The van der Waals surface area contributed by atoms with Gasteiger partial charge in [-0.15, -0.1) is 0 Å². The van der Waals surface area contributed by atoms with Crippen molar-refractivity contribution in [3.63, 3.8) is 0 Å². The summed E-state index contributed by atoms with van der Waals surface area (Å²) in [4.78, 5) is 36.9. The fraction of sp³-hybridized carbons (Fsp3) is 0. The molecule has 0 spiro atoms. The third kappa shape index (κ3) is 2.09. The summed E-state index contributed by atoms with van der Waals surface area (Å²) in [5.41, 5.74) is 0. The average molecular weight is 200 g/mol. The number of amides is 1. The lowest BCUT2D eigenvalue weighted by Gasteiger charge is -1.84. The van der Waals surface area contributed by atoms with Crippen LogP contribution in [-0.4, -0.2) is 28.3 Å². The van der Waals surface area contributed by atoms with Crippen LogP contribution in [0.25, 0.3) is 0 Å². The van der Waals surface area contributed by atoms with E-state index in [1.807, 2.05) is 0 Å². The van der Waals surface area contributed by atoms with Crippen molar-refractivity contribution in [3.05, 3.63) is 15.9 Å². The molecule has 1 amide bonds. The molecule has 0 aliphatic heterocycles. The second kappa shape index (κ2) is 3.76. The molecule has 7 heteroatoms. The van der Waals surface area contributed by atoms with Crippen molar-refractivity contribution in [3.8, 4) is 0 Å². The molecule has 13 heavy (non-hydrogen) atoms. The predicted molar refractivity (Wildman–Crippen MR) is 42.3 cm³/mol. The van der Waals surface area contributed by atoms with Crippen molar-refractivity contribution in [2.24, 2.45) is 4.99 Å². The van der Waals surface area contributed by atoms with Crippen LogP contribution in [0.2, 0.25) is 0 Å². The number of nitrogens with zero attached hydrogens (tertiary/aromatic N) is 1. The first-order valence-electron chi connectivity index (χ1n) is 3.08. The second-order valence-corrected chi connectivity index (χ2v) is 2.96. The highest BCUT2D eigenvalue weighted by Crippen LogP contribution is 2.01. The van der Waals surface area contributed by atoms with Crippen LogP contribution < -0.4 is 4.80 Å². The Balaban J connectivity index is 3.05. The van der Waals surface area contributed by atoms with E-state index in [2.05, 4.69) is 9.98 Å². The minimum Gasteiger partial charge on any atom is -0.475 e. The van der Waals surface area contributed by atoms with Crippen LogP contribution in [0.1, 0.15) is 9.67 Å². The zero-order valence-electron chi connectivity index (χ0n) is 6.18. The standard InChI is InChI=1S/C6H4N2O4S/c9-2-8-6-7-1-3(13-6)4(10)5(11)12/h1-2H,(H,11,12)(H,7,8,9). The van der Waals surface area contributed by atoms with Crippen LogP contribution in [-0.2, 0) is 9.59 Å². The third-order valence-corrected chi connectivity index (χ3v) is 2.06. The van der Waals surface area contributed by atoms with Crippen molar-refractivity contribution < 1.29 is 19.5 Å². The molecule has 0 saturated carbocycles. The Labute approximate surface area is 75.6 Å². The van der Waals surface area contributed by atoms with E-state index in [0.717, 1.165) is 11.3 Å². The number of aromatic amines is 1. The van der Waals surface area contributed by atoms with Gasteiger partial charge >= 0.3 is 5.97 Å². The SMILES string of the molecule is O=C/N=c1/[nH]cc(C(=O)C(=O)O)s1. The number of hydrogen-bond donors (Lipinski definition) is 2. The smallest absolute Gasteiger partial charge is 0.378 e. The van der Waals surface area contributed by atoms with Gasteiger partial charge in [-0.2, -0.15) is 4.99 Å². The molecule has 1 aromatic heterocycles. The molecule has 1 heterocycles. The largest absolute Gasteiger partial charge is 0.475 e. The lowest BCUT2D eigenvalue weighted by Crippen LogP contribution is -2.10. The Morgan fingerprint density at radius 3 is 2.85 bits per heavy atom. The van der Waals surface area contributed by atoms with E-state index in [1.165, 1.54) is 6.20 Å². The van der Waals surface area contributed by atoms with Gasteiger partial charge in [0.2, 0.25) is 6.41 Å². The molecule has 68 valence electrons. The van der Waals surface area contributed by atoms with Crippen LogP contribution in [0, 0.1) is 0 Å². The number of carboxylic acid groups (broad SMARTS) is 1. The molecule has 0 bridgehead atoms. The average Bonchev–Trinajstić information content (AvgIpc) is 2.52. The van der Waals surface area contributed by atoms with Crippen molar-refractivity contribution in [2.75, 3.05) is 0 Å². The number of aliphatic carboxylic acids is 1. The summed E-state index contributed by atoms with van der Waals surface area (Å²) in [6, 6.07) is 0. The first-order valence-corrected chi connectivity index (χ1v) is 3.90. The van der Waals surface area contributed by atoms with E-state index < -0.39 is 11.8 Å². The molecule has 0 saturated heterocycles. The number of nitrogens with one attached hydrogen (secondary N) is 1. The van der Waals surface area contributed by atoms with E-state index >= 15 is 0 Å². The van der Waals surface area contributed by atoms with Gasteiger partial charge in [-0.1, -0.05) is 11.3 Å². The maximum absolute atomic E-state index is 10.8. The highest BCUT2D eigenvalue weighted by Gasteiger charge is 2.15. The molecule has 1 aromatic rings. The number of carbonyl (C=O) groups is 3. The molecule has 0 aliphatic carbocycles. The minimum atomic E-state index is -1.53. The molecule has 2 N–H and O–H groups in total. The topological polar surface area (TPSA) is 99.6 Å². The zero-order chi connectivity index (χ0) is 9.84. The lowest BCUT2D eigenvalue weighted by molar-refractivity contribution is -0.131. The van der Waals surface area contributed by atoms with E-state index in [0.29, 0.717) is 6.41 Å². The fourth-order valence-electron chi connectivity index (χ4n) is 0.619. The van der Waals surface area contributed by atoms with Gasteiger partial charge in [0.25, 0.3) is 5.78 Å². The van der Waals surface area contributed by atoms with Crippen LogP contribution >= 0.6 is 11.3 Å². The number of aromatic nitrogens is 1. The number of hydrogen-bond acceptors (Lipinski definition) is 4. The van der Waals surface area contributed by atoms with E-state index in [-0.39, 0.29) is 9.68 Å². The Kier molecular flexibility index (Phi) is 2.70. The number of rotatable bonds is 3. The summed E-state index contributed by atoms with van der Waals surface area (Å²) >= 11 is 0.810. The highest BCUT2D eigenvalue weighted by molar-refractivity contribution is 7.12. The number of ketones is 1. The number of thiazole rings is 1. The van der Waals surface area contributed by atoms with Gasteiger partial charge in [-0.25, -0.2) is 4.79 Å². The molecule has 6 nitrogen and oxygen atoms in total. The van der Waals surface area contributed by atoms with Gasteiger partial charge in [-0.3, -0.25) is 9.59 Å². The zero-order valence-corrected chi connectivity index (χ0v) is 7.00. The van der Waals surface area contributed by atoms with Gasteiger partial charge in [0.05, 0.1) is 0 Å². The summed E-state index contributed by atoms with van der Waals surface area (Å²) < 4.78 is 0. The van der Waals surface area contributed by atoms with Gasteiger partial charge in [0.15, 0.2) is 4.80 Å². The fourth-order valence-corrected chi connectivity index (χ4v) is 1.34. The molecular formula is C6H4N2O4S. The quantitative estimate of drug-likeness (QED) is 0.386. The maximum Gasteiger partial charge on any atom is 0.378 e. The first kappa shape index (κ1) is 9.33. The minimum absolute atomic E-state index is 0.00750. The van der Waals surface area contributed by atoms with Crippen molar-refractivity contribution in [2.45, 2.75) is 0 Å². The van der Waals surface area contributed by atoms with E-state index in [1.54, 1.807) is 0 Å². The molecular weight excluding hydrogens is 196 g/mol. The van der Waals surface area contributed by atoms with Gasteiger partial charge in [0, 0.05) is 6.20 Å². The van der Waals surface area contributed by atoms with Gasteiger partial charge < -0.3 is 10.1 Å². The Bertz CT molecular complexity index is 416. The number of H-pyrrole nitrogens is 1. The Hall–Kier alpha value is -1.76. The summed E-state index contributed by atoms with van der Waals surface area (Å²) in [6.45, 7) is 0. The first-order chi connectivity index (χ1) is 6.15. The molecule has 0 aromatic carbocycles. The van der Waals surface area contributed by atoms with Crippen LogP contribution in [0.4, 0.5) is 0 Å². The van der Waals surface area contributed by atoms with Gasteiger partial charge in [-0.05, 0) is 0 Å². The maximum atomic E-state index is 10.8. The summed E-state index contributed by atoms with van der Waals surface area (Å²) in [7, 11) is 0.